The first-order chi connectivity index (χ1) is 10.7. The van der Waals surface area contributed by atoms with Crippen LogP contribution >= 0.6 is 0 Å². The number of aliphatic hydroxyl groups excluding tert-OH is 1. The number of carbonyl (C=O) groups excluding carboxylic acids is 1. The number of piperazine rings is 1. The van der Waals surface area contributed by atoms with Crippen molar-refractivity contribution >= 4 is 5.91 Å². The Labute approximate surface area is 132 Å². The van der Waals surface area contributed by atoms with Gasteiger partial charge in [-0.25, -0.2) is 0 Å². The van der Waals surface area contributed by atoms with Gasteiger partial charge in [-0.2, -0.15) is 0 Å². The Morgan fingerprint density at radius 2 is 1.82 bits per heavy atom. The zero-order chi connectivity index (χ0) is 15.8. The first kappa shape index (κ1) is 16.9. The third kappa shape index (κ3) is 5.75. The molecular formula is C17H27N3O2. The molecule has 1 aliphatic rings. The highest BCUT2D eigenvalue weighted by Gasteiger charge is 2.18. The average molecular weight is 305 g/mol. The number of aliphatic hydroxyl groups is 1. The lowest BCUT2D eigenvalue weighted by atomic mass is 10.1. The van der Waals surface area contributed by atoms with Gasteiger partial charge in [0, 0.05) is 39.1 Å². The summed E-state index contributed by atoms with van der Waals surface area (Å²) in [6, 6.07) is 9.83. The van der Waals surface area contributed by atoms with Crippen LogP contribution in [0.3, 0.4) is 0 Å². The molecule has 0 bridgehead atoms. The third-order valence-corrected chi connectivity index (χ3v) is 4.13. The van der Waals surface area contributed by atoms with E-state index in [1.807, 2.05) is 30.3 Å². The summed E-state index contributed by atoms with van der Waals surface area (Å²) in [7, 11) is 0. The van der Waals surface area contributed by atoms with Crippen LogP contribution in [0.5, 0.6) is 0 Å². The Hall–Kier alpha value is -1.43. The van der Waals surface area contributed by atoms with Crippen LogP contribution < -0.4 is 5.32 Å². The van der Waals surface area contributed by atoms with E-state index in [-0.39, 0.29) is 5.91 Å². The lowest BCUT2D eigenvalue weighted by Crippen LogP contribution is -2.49. The summed E-state index contributed by atoms with van der Waals surface area (Å²) >= 11 is 0. The fourth-order valence-electron chi connectivity index (χ4n) is 2.71. The van der Waals surface area contributed by atoms with Gasteiger partial charge in [0.25, 0.3) is 0 Å². The molecule has 1 saturated heterocycles. The minimum absolute atomic E-state index is 0.00272. The van der Waals surface area contributed by atoms with Gasteiger partial charge < -0.3 is 15.3 Å². The molecule has 5 heteroatoms. The maximum atomic E-state index is 11.9. The summed E-state index contributed by atoms with van der Waals surface area (Å²) in [5.41, 5.74) is 1.08. The number of benzene rings is 1. The molecule has 1 unspecified atom stereocenters. The lowest BCUT2D eigenvalue weighted by Gasteiger charge is -2.33. The van der Waals surface area contributed by atoms with Crippen molar-refractivity contribution in [2.24, 2.45) is 0 Å². The predicted molar refractivity (Wildman–Crippen MR) is 87.7 cm³/mol. The monoisotopic (exact) mass is 305 g/mol. The molecule has 0 saturated carbocycles. The van der Waals surface area contributed by atoms with E-state index in [4.69, 9.17) is 0 Å². The van der Waals surface area contributed by atoms with Crippen molar-refractivity contribution in [1.29, 1.82) is 0 Å². The molecule has 1 aromatic rings. The van der Waals surface area contributed by atoms with Crippen LogP contribution in [0.4, 0.5) is 0 Å². The van der Waals surface area contributed by atoms with Crippen LogP contribution in [0.2, 0.25) is 0 Å². The number of hydrogen-bond donors (Lipinski definition) is 2. The fraction of sp³-hybridized carbons (Fsp3) is 0.588. The summed E-state index contributed by atoms with van der Waals surface area (Å²) in [6.07, 6.45) is 0.0271. The van der Waals surface area contributed by atoms with Gasteiger partial charge in [-0.15, -0.1) is 0 Å². The molecule has 1 aliphatic heterocycles. The van der Waals surface area contributed by atoms with Crippen LogP contribution in [-0.2, 0) is 11.2 Å². The zero-order valence-corrected chi connectivity index (χ0v) is 13.4. The first-order valence-electron chi connectivity index (χ1n) is 8.10. The zero-order valence-electron chi connectivity index (χ0n) is 13.4. The summed E-state index contributed by atoms with van der Waals surface area (Å²) in [4.78, 5) is 16.5. The first-order valence-corrected chi connectivity index (χ1v) is 8.10. The van der Waals surface area contributed by atoms with Crippen LogP contribution in [0, 0.1) is 0 Å². The molecule has 2 rings (SSSR count). The van der Waals surface area contributed by atoms with Crippen molar-refractivity contribution < 1.29 is 9.90 Å². The van der Waals surface area contributed by atoms with Crippen molar-refractivity contribution in [3.8, 4) is 0 Å². The third-order valence-electron chi connectivity index (χ3n) is 4.13. The van der Waals surface area contributed by atoms with Crippen LogP contribution in [0.25, 0.3) is 0 Å². The fourth-order valence-corrected chi connectivity index (χ4v) is 2.71. The Balaban J connectivity index is 1.63. The number of rotatable bonds is 7. The molecule has 0 aliphatic carbocycles. The molecule has 0 radical (unpaired) electrons. The van der Waals surface area contributed by atoms with E-state index in [0.717, 1.165) is 38.3 Å². The van der Waals surface area contributed by atoms with Crippen molar-refractivity contribution in [2.75, 3.05) is 45.8 Å². The Kier molecular flexibility index (Phi) is 6.83. The van der Waals surface area contributed by atoms with Crippen molar-refractivity contribution in [3.05, 3.63) is 35.9 Å². The van der Waals surface area contributed by atoms with E-state index in [0.29, 0.717) is 19.5 Å². The van der Waals surface area contributed by atoms with E-state index in [2.05, 4.69) is 22.0 Å². The standard InChI is InChI=1S/C17H27N3O2/c1-2-19-8-10-20(11-9-19)14-17(22)18-13-16(21)12-15-6-4-3-5-7-15/h3-7,16,21H,2,8-14H2,1H3,(H,18,22). The minimum atomic E-state index is -0.539. The van der Waals surface area contributed by atoms with E-state index >= 15 is 0 Å². The summed E-state index contributed by atoms with van der Waals surface area (Å²) < 4.78 is 0. The number of nitrogens with one attached hydrogen (secondary N) is 1. The molecule has 0 spiro atoms. The molecule has 1 heterocycles. The molecule has 1 amide bonds. The normalized spacial score (nSPS) is 18.1. The van der Waals surface area contributed by atoms with E-state index in [1.165, 1.54) is 0 Å². The van der Waals surface area contributed by atoms with Crippen LogP contribution in [-0.4, -0.2) is 72.7 Å². The summed E-state index contributed by atoms with van der Waals surface area (Å²) in [5, 5.41) is 12.8. The summed E-state index contributed by atoms with van der Waals surface area (Å²) in [6.45, 7) is 7.91. The highest BCUT2D eigenvalue weighted by atomic mass is 16.3. The second-order valence-electron chi connectivity index (χ2n) is 5.86. The maximum Gasteiger partial charge on any atom is 0.234 e. The molecule has 2 N–H and O–H groups in total. The van der Waals surface area contributed by atoms with Crippen molar-refractivity contribution in [3.63, 3.8) is 0 Å². The SMILES string of the molecule is CCN1CCN(CC(=O)NCC(O)Cc2ccccc2)CC1. The lowest BCUT2D eigenvalue weighted by molar-refractivity contribution is -0.123. The summed E-state index contributed by atoms with van der Waals surface area (Å²) in [5.74, 6) is -0.00272. The highest BCUT2D eigenvalue weighted by molar-refractivity contribution is 5.78. The molecule has 1 atom stereocenters. The second-order valence-corrected chi connectivity index (χ2v) is 5.86. The molecule has 22 heavy (non-hydrogen) atoms. The molecule has 0 aromatic heterocycles. The largest absolute Gasteiger partial charge is 0.391 e. The van der Waals surface area contributed by atoms with Gasteiger partial charge in [0.05, 0.1) is 12.6 Å². The molecule has 1 fully saturated rings. The van der Waals surface area contributed by atoms with E-state index < -0.39 is 6.10 Å². The molecule has 122 valence electrons. The second kappa shape index (κ2) is 8.88. The Bertz CT molecular complexity index is 444. The minimum Gasteiger partial charge on any atom is -0.391 e. The van der Waals surface area contributed by atoms with Crippen molar-refractivity contribution in [2.45, 2.75) is 19.4 Å². The molecule has 1 aromatic carbocycles. The van der Waals surface area contributed by atoms with Gasteiger partial charge in [0.15, 0.2) is 0 Å². The molecular weight excluding hydrogens is 278 g/mol. The number of carbonyl (C=O) groups is 1. The van der Waals surface area contributed by atoms with Gasteiger partial charge in [-0.1, -0.05) is 37.3 Å². The van der Waals surface area contributed by atoms with Crippen LogP contribution in [0.1, 0.15) is 12.5 Å². The van der Waals surface area contributed by atoms with Gasteiger partial charge in [-0.05, 0) is 12.1 Å². The number of hydrogen-bond acceptors (Lipinski definition) is 4. The van der Waals surface area contributed by atoms with Gasteiger partial charge in [0.1, 0.15) is 0 Å². The number of likely N-dealkylation sites (N-methyl/N-ethyl adjacent to an activating group) is 1. The smallest absolute Gasteiger partial charge is 0.234 e. The van der Waals surface area contributed by atoms with Gasteiger partial charge in [-0.3, -0.25) is 9.69 Å². The Morgan fingerprint density at radius 1 is 1.18 bits per heavy atom. The van der Waals surface area contributed by atoms with E-state index in [9.17, 15) is 9.90 Å². The van der Waals surface area contributed by atoms with E-state index in [1.54, 1.807) is 0 Å². The van der Waals surface area contributed by atoms with Crippen molar-refractivity contribution in [1.82, 2.24) is 15.1 Å². The quantitative estimate of drug-likeness (QED) is 0.763. The predicted octanol–water partition coefficient (Wildman–Crippen LogP) is 0.344. The Morgan fingerprint density at radius 3 is 2.45 bits per heavy atom. The number of amides is 1. The highest BCUT2D eigenvalue weighted by Crippen LogP contribution is 2.03. The average Bonchev–Trinajstić information content (AvgIpc) is 2.55. The number of nitrogens with zero attached hydrogens (tertiary/aromatic N) is 2. The van der Waals surface area contributed by atoms with Crippen LogP contribution in [0.15, 0.2) is 30.3 Å². The topological polar surface area (TPSA) is 55.8 Å². The van der Waals surface area contributed by atoms with Gasteiger partial charge in [0.2, 0.25) is 5.91 Å². The van der Waals surface area contributed by atoms with Gasteiger partial charge >= 0.3 is 0 Å². The maximum absolute atomic E-state index is 11.9. The molecule has 5 nitrogen and oxygen atoms in total.